The van der Waals surface area contributed by atoms with E-state index in [1.54, 1.807) is 50.2 Å². The van der Waals surface area contributed by atoms with E-state index in [1.165, 1.54) is 30.0 Å². The summed E-state index contributed by atoms with van der Waals surface area (Å²) in [6.45, 7) is 3.48. The van der Waals surface area contributed by atoms with Crippen molar-refractivity contribution in [1.82, 2.24) is 0 Å². The molecular formula is C23H20ClN3O4S. The fourth-order valence-electron chi connectivity index (χ4n) is 2.84. The summed E-state index contributed by atoms with van der Waals surface area (Å²) in [7, 11) is 0. The van der Waals surface area contributed by atoms with Crippen LogP contribution in [0.2, 0.25) is 5.02 Å². The van der Waals surface area contributed by atoms with E-state index in [1.807, 2.05) is 12.1 Å². The zero-order chi connectivity index (χ0) is 23.3. The predicted octanol–water partition coefficient (Wildman–Crippen LogP) is 5.93. The molecule has 3 aromatic rings. The molecule has 0 aromatic heterocycles. The molecule has 0 aliphatic carbocycles. The number of thioether (sulfide) groups is 1. The number of benzene rings is 3. The minimum Gasteiger partial charge on any atom is -0.325 e. The number of amides is 2. The van der Waals surface area contributed by atoms with Gasteiger partial charge in [0.2, 0.25) is 5.91 Å². The van der Waals surface area contributed by atoms with Crippen molar-refractivity contribution in [2.75, 3.05) is 10.6 Å². The molecule has 0 heterocycles. The van der Waals surface area contributed by atoms with Crippen LogP contribution in [0.15, 0.2) is 71.6 Å². The number of nitro groups is 1. The number of carbonyl (C=O) groups excluding carboxylic acids is 2. The lowest BCUT2D eigenvalue weighted by Crippen LogP contribution is -2.22. The lowest BCUT2D eigenvalue weighted by molar-refractivity contribution is -0.384. The molecule has 3 rings (SSSR count). The molecule has 7 nitrogen and oxygen atoms in total. The van der Waals surface area contributed by atoms with Crippen LogP contribution in [0.25, 0.3) is 0 Å². The summed E-state index contributed by atoms with van der Waals surface area (Å²) in [4.78, 5) is 36.1. The van der Waals surface area contributed by atoms with Gasteiger partial charge in [-0.05, 0) is 67.9 Å². The molecule has 0 fully saturated rings. The molecule has 3 aromatic carbocycles. The second-order valence-electron chi connectivity index (χ2n) is 6.99. The molecule has 164 valence electrons. The van der Waals surface area contributed by atoms with E-state index in [4.69, 9.17) is 11.6 Å². The Morgan fingerprint density at radius 2 is 1.75 bits per heavy atom. The van der Waals surface area contributed by atoms with E-state index in [9.17, 15) is 19.7 Å². The third kappa shape index (κ3) is 6.09. The van der Waals surface area contributed by atoms with E-state index >= 15 is 0 Å². The first kappa shape index (κ1) is 23.3. The molecule has 32 heavy (non-hydrogen) atoms. The van der Waals surface area contributed by atoms with Crippen molar-refractivity contribution in [2.24, 2.45) is 0 Å². The SMILES string of the molecule is Cc1cc([N+](=O)[O-])ccc1NC(=O)C(C)Sc1ccc(NC(=O)c2cccc(Cl)c2)cc1. The molecule has 1 unspecified atom stereocenters. The van der Waals surface area contributed by atoms with Gasteiger partial charge in [0.1, 0.15) is 0 Å². The molecule has 0 bridgehead atoms. The van der Waals surface area contributed by atoms with Crippen LogP contribution < -0.4 is 10.6 Å². The van der Waals surface area contributed by atoms with Gasteiger partial charge in [0.05, 0.1) is 10.2 Å². The first-order chi connectivity index (χ1) is 15.2. The number of halogens is 1. The van der Waals surface area contributed by atoms with Gasteiger partial charge in [0.15, 0.2) is 0 Å². The fourth-order valence-corrected chi connectivity index (χ4v) is 3.90. The fraction of sp³-hybridized carbons (Fsp3) is 0.130. The van der Waals surface area contributed by atoms with Gasteiger partial charge < -0.3 is 10.6 Å². The predicted molar refractivity (Wildman–Crippen MR) is 128 cm³/mol. The number of rotatable bonds is 7. The second kappa shape index (κ2) is 10.3. The average Bonchev–Trinajstić information content (AvgIpc) is 2.76. The number of hydrogen-bond acceptors (Lipinski definition) is 5. The van der Waals surface area contributed by atoms with Crippen LogP contribution in [-0.4, -0.2) is 22.0 Å². The summed E-state index contributed by atoms with van der Waals surface area (Å²) in [5, 5.41) is 16.5. The van der Waals surface area contributed by atoms with Gasteiger partial charge in [-0.2, -0.15) is 0 Å². The number of nitro benzene ring substituents is 1. The van der Waals surface area contributed by atoms with Gasteiger partial charge in [-0.1, -0.05) is 17.7 Å². The molecule has 2 N–H and O–H groups in total. The minimum absolute atomic E-state index is 0.0227. The standard InChI is InChI=1S/C23H20ClN3O4S/c1-14-12-19(27(30)31)8-11-21(14)26-22(28)15(2)32-20-9-6-18(7-10-20)25-23(29)16-4-3-5-17(24)13-16/h3-13,15H,1-2H3,(H,25,29)(H,26,28). The van der Waals surface area contributed by atoms with E-state index in [2.05, 4.69) is 10.6 Å². The summed E-state index contributed by atoms with van der Waals surface area (Å²) >= 11 is 7.28. The summed E-state index contributed by atoms with van der Waals surface area (Å²) in [5.74, 6) is -0.482. The highest BCUT2D eigenvalue weighted by Crippen LogP contribution is 2.27. The molecule has 9 heteroatoms. The van der Waals surface area contributed by atoms with Gasteiger partial charge in [-0.3, -0.25) is 19.7 Å². The first-order valence-electron chi connectivity index (χ1n) is 9.62. The molecular weight excluding hydrogens is 450 g/mol. The molecule has 0 spiro atoms. The average molecular weight is 470 g/mol. The Balaban J connectivity index is 1.58. The lowest BCUT2D eigenvalue weighted by Gasteiger charge is -2.14. The number of carbonyl (C=O) groups is 2. The van der Waals surface area contributed by atoms with E-state index in [0.717, 1.165) is 4.90 Å². The maximum absolute atomic E-state index is 12.6. The summed E-state index contributed by atoms with van der Waals surface area (Å²) in [6, 6.07) is 18.1. The van der Waals surface area contributed by atoms with Crippen molar-refractivity contribution < 1.29 is 14.5 Å². The molecule has 0 radical (unpaired) electrons. The highest BCUT2D eigenvalue weighted by molar-refractivity contribution is 8.00. The molecule has 0 saturated heterocycles. The third-order valence-electron chi connectivity index (χ3n) is 4.56. The number of nitrogens with one attached hydrogen (secondary N) is 2. The van der Waals surface area contributed by atoms with Crippen LogP contribution in [0.1, 0.15) is 22.8 Å². The Hall–Kier alpha value is -3.36. The van der Waals surface area contributed by atoms with Gasteiger partial charge in [0, 0.05) is 39.0 Å². The van der Waals surface area contributed by atoms with Crippen molar-refractivity contribution in [3.63, 3.8) is 0 Å². The van der Waals surface area contributed by atoms with Crippen molar-refractivity contribution in [3.05, 3.63) is 93.0 Å². The van der Waals surface area contributed by atoms with Crippen LogP contribution in [0.4, 0.5) is 17.1 Å². The smallest absolute Gasteiger partial charge is 0.269 e. The number of anilines is 2. The Morgan fingerprint density at radius 3 is 2.38 bits per heavy atom. The van der Waals surface area contributed by atoms with Crippen LogP contribution >= 0.6 is 23.4 Å². The molecule has 2 amide bonds. The van der Waals surface area contributed by atoms with Gasteiger partial charge in [-0.25, -0.2) is 0 Å². The molecule has 0 saturated carbocycles. The van der Waals surface area contributed by atoms with E-state index < -0.39 is 10.2 Å². The van der Waals surface area contributed by atoms with E-state index in [-0.39, 0.29) is 17.5 Å². The third-order valence-corrected chi connectivity index (χ3v) is 5.91. The number of hydrogen-bond donors (Lipinski definition) is 2. The molecule has 0 aliphatic rings. The maximum Gasteiger partial charge on any atom is 0.269 e. The topological polar surface area (TPSA) is 101 Å². The van der Waals surface area contributed by atoms with Crippen molar-refractivity contribution in [2.45, 2.75) is 24.0 Å². The zero-order valence-corrected chi connectivity index (χ0v) is 18.9. The number of nitrogens with zero attached hydrogens (tertiary/aromatic N) is 1. The normalized spacial score (nSPS) is 11.5. The zero-order valence-electron chi connectivity index (χ0n) is 17.3. The summed E-state index contributed by atoms with van der Waals surface area (Å²) in [5.41, 5.74) is 2.21. The number of non-ortho nitro benzene ring substituents is 1. The highest BCUT2D eigenvalue weighted by Gasteiger charge is 2.17. The second-order valence-corrected chi connectivity index (χ2v) is 8.85. The van der Waals surface area contributed by atoms with Crippen molar-refractivity contribution in [1.29, 1.82) is 0 Å². The van der Waals surface area contributed by atoms with Crippen LogP contribution in [0.5, 0.6) is 0 Å². The van der Waals surface area contributed by atoms with Crippen LogP contribution in [-0.2, 0) is 4.79 Å². The summed E-state index contributed by atoms with van der Waals surface area (Å²) < 4.78 is 0. The summed E-state index contributed by atoms with van der Waals surface area (Å²) in [6.07, 6.45) is 0. The van der Waals surface area contributed by atoms with E-state index in [0.29, 0.717) is 27.5 Å². The lowest BCUT2D eigenvalue weighted by atomic mass is 10.2. The largest absolute Gasteiger partial charge is 0.325 e. The Labute approximate surface area is 194 Å². The Bertz CT molecular complexity index is 1170. The van der Waals surface area contributed by atoms with Crippen LogP contribution in [0, 0.1) is 17.0 Å². The molecule has 1 atom stereocenters. The Kier molecular flexibility index (Phi) is 7.50. The van der Waals surface area contributed by atoms with Crippen molar-refractivity contribution in [3.8, 4) is 0 Å². The number of aryl methyl sites for hydroxylation is 1. The maximum atomic E-state index is 12.6. The Morgan fingerprint density at radius 1 is 1.03 bits per heavy atom. The van der Waals surface area contributed by atoms with Gasteiger partial charge in [0.25, 0.3) is 11.6 Å². The minimum atomic E-state index is -0.474. The first-order valence-corrected chi connectivity index (χ1v) is 10.9. The van der Waals surface area contributed by atoms with Gasteiger partial charge in [-0.15, -0.1) is 11.8 Å². The monoisotopic (exact) mass is 469 g/mol. The quantitative estimate of drug-likeness (QED) is 0.254. The van der Waals surface area contributed by atoms with Crippen LogP contribution in [0.3, 0.4) is 0 Å². The van der Waals surface area contributed by atoms with Crippen molar-refractivity contribution >= 4 is 52.2 Å². The highest BCUT2D eigenvalue weighted by atomic mass is 35.5. The van der Waals surface area contributed by atoms with Gasteiger partial charge >= 0.3 is 0 Å². The molecule has 0 aliphatic heterocycles.